The van der Waals surface area contributed by atoms with Crippen LogP contribution in [0.1, 0.15) is 27.5 Å². The summed E-state index contributed by atoms with van der Waals surface area (Å²) in [6.07, 6.45) is 0. The van der Waals surface area contributed by atoms with E-state index in [-0.39, 0.29) is 32.5 Å². The zero-order chi connectivity index (χ0) is 26.9. The first-order valence-corrected chi connectivity index (χ1v) is 11.6. The topological polar surface area (TPSA) is 102 Å². The number of halogens is 2. The van der Waals surface area contributed by atoms with Crippen LogP contribution in [0.5, 0.6) is 11.5 Å². The summed E-state index contributed by atoms with van der Waals surface area (Å²) >= 11 is 12.5. The lowest BCUT2D eigenvalue weighted by atomic mass is 9.94. The van der Waals surface area contributed by atoms with E-state index in [1.165, 1.54) is 62.6 Å². The number of ketones is 1. The maximum Gasteiger partial charge on any atom is 0.337 e. The summed E-state index contributed by atoms with van der Waals surface area (Å²) in [6.45, 7) is 0. The molecule has 4 rings (SSSR count). The lowest BCUT2D eigenvalue weighted by molar-refractivity contribution is -0.132. The molecule has 10 heteroatoms. The quantitative estimate of drug-likeness (QED) is 0.192. The standard InChI is InChI=1S/C27H21Cl2NO7/c1-35-20-7-5-4-6-17(20)22-21(23(31)15-12-18(28)25(36-2)19(29)13-15)24(32)26(33)30(22)16-10-8-14(9-11-16)27(34)37-3/h4-13,22,31H,1-3H3/b23-21+. The highest BCUT2D eigenvalue weighted by molar-refractivity contribution is 6.52. The molecular weight excluding hydrogens is 521 g/mol. The predicted molar refractivity (Wildman–Crippen MR) is 139 cm³/mol. The maximum atomic E-state index is 13.4. The fraction of sp³-hybridized carbons (Fsp3) is 0.148. The Balaban J connectivity index is 1.95. The molecule has 0 radical (unpaired) electrons. The van der Waals surface area contributed by atoms with Crippen LogP contribution in [-0.2, 0) is 14.3 Å². The number of Topliss-reactive ketones (excluding diaryl/α,β-unsaturated/α-hetero) is 1. The molecule has 3 aromatic rings. The van der Waals surface area contributed by atoms with Gasteiger partial charge < -0.3 is 19.3 Å². The van der Waals surface area contributed by atoms with Gasteiger partial charge in [-0.05, 0) is 42.5 Å². The third-order valence-electron chi connectivity index (χ3n) is 5.92. The number of rotatable bonds is 6. The number of hydrogen-bond donors (Lipinski definition) is 1. The van der Waals surface area contributed by atoms with Crippen LogP contribution in [0, 0.1) is 0 Å². The molecule has 1 amide bonds. The molecule has 1 aliphatic rings. The molecule has 0 aromatic heterocycles. The second-order valence-corrected chi connectivity index (χ2v) is 8.74. The third-order valence-corrected chi connectivity index (χ3v) is 6.48. The lowest BCUT2D eigenvalue weighted by Gasteiger charge is -2.26. The van der Waals surface area contributed by atoms with Crippen molar-refractivity contribution in [1.29, 1.82) is 0 Å². The molecule has 0 aliphatic carbocycles. The van der Waals surface area contributed by atoms with Crippen LogP contribution in [0.2, 0.25) is 10.0 Å². The molecule has 1 N–H and O–H groups in total. The van der Waals surface area contributed by atoms with Crippen molar-refractivity contribution in [3.63, 3.8) is 0 Å². The highest BCUT2D eigenvalue weighted by Gasteiger charge is 2.48. The number of aliphatic hydroxyl groups excluding tert-OH is 1. The second kappa shape index (κ2) is 10.5. The number of amides is 1. The van der Waals surface area contributed by atoms with Crippen molar-refractivity contribution < 1.29 is 33.7 Å². The largest absolute Gasteiger partial charge is 0.507 e. The van der Waals surface area contributed by atoms with Gasteiger partial charge in [0.15, 0.2) is 5.75 Å². The molecule has 1 atom stereocenters. The summed E-state index contributed by atoms with van der Waals surface area (Å²) in [5, 5.41) is 11.6. The molecule has 0 spiro atoms. The molecular formula is C27H21Cl2NO7. The van der Waals surface area contributed by atoms with E-state index in [2.05, 4.69) is 0 Å². The van der Waals surface area contributed by atoms with Crippen LogP contribution in [0.3, 0.4) is 0 Å². The van der Waals surface area contributed by atoms with Crippen molar-refractivity contribution in [2.24, 2.45) is 0 Å². The van der Waals surface area contributed by atoms with Gasteiger partial charge in [0, 0.05) is 16.8 Å². The van der Waals surface area contributed by atoms with E-state index in [0.29, 0.717) is 17.0 Å². The summed E-state index contributed by atoms with van der Waals surface area (Å²) in [4.78, 5) is 39.9. The van der Waals surface area contributed by atoms with Gasteiger partial charge in [-0.3, -0.25) is 14.5 Å². The molecule has 0 bridgehead atoms. The molecule has 1 unspecified atom stereocenters. The Kier molecular flexibility index (Phi) is 7.42. The van der Waals surface area contributed by atoms with E-state index in [4.69, 9.17) is 37.4 Å². The molecule has 37 heavy (non-hydrogen) atoms. The zero-order valence-electron chi connectivity index (χ0n) is 20.0. The summed E-state index contributed by atoms with van der Waals surface area (Å²) in [6, 6.07) is 14.5. The Morgan fingerprint density at radius 2 is 1.51 bits per heavy atom. The normalized spacial score (nSPS) is 16.6. The van der Waals surface area contributed by atoms with Crippen molar-refractivity contribution >= 4 is 52.3 Å². The lowest BCUT2D eigenvalue weighted by Crippen LogP contribution is -2.29. The van der Waals surface area contributed by atoms with E-state index in [0.717, 1.165) is 0 Å². The minimum Gasteiger partial charge on any atom is -0.507 e. The summed E-state index contributed by atoms with van der Waals surface area (Å²) in [5.74, 6) is -2.24. The van der Waals surface area contributed by atoms with Crippen molar-refractivity contribution in [3.05, 3.63) is 93.0 Å². The highest BCUT2D eigenvalue weighted by Crippen LogP contribution is 2.46. The number of carbonyl (C=O) groups is 3. The molecule has 1 aliphatic heterocycles. The van der Waals surface area contributed by atoms with Gasteiger partial charge in [-0.1, -0.05) is 41.4 Å². The Hall–Kier alpha value is -4.01. The van der Waals surface area contributed by atoms with E-state index < -0.39 is 29.5 Å². The molecule has 3 aromatic carbocycles. The van der Waals surface area contributed by atoms with Gasteiger partial charge in [0.05, 0.1) is 48.6 Å². The number of para-hydroxylation sites is 1. The van der Waals surface area contributed by atoms with Gasteiger partial charge in [0.25, 0.3) is 11.7 Å². The monoisotopic (exact) mass is 541 g/mol. The average molecular weight is 542 g/mol. The Labute approximate surface area is 222 Å². The fourth-order valence-electron chi connectivity index (χ4n) is 4.21. The number of esters is 1. The van der Waals surface area contributed by atoms with Crippen LogP contribution in [0.4, 0.5) is 5.69 Å². The van der Waals surface area contributed by atoms with Crippen molar-refractivity contribution in [2.75, 3.05) is 26.2 Å². The van der Waals surface area contributed by atoms with Crippen LogP contribution < -0.4 is 14.4 Å². The van der Waals surface area contributed by atoms with Crippen molar-refractivity contribution in [2.45, 2.75) is 6.04 Å². The molecule has 1 saturated heterocycles. The maximum absolute atomic E-state index is 13.4. The number of anilines is 1. The summed E-state index contributed by atoms with van der Waals surface area (Å²) < 4.78 is 15.4. The predicted octanol–water partition coefficient (Wildman–Crippen LogP) is 5.42. The zero-order valence-corrected chi connectivity index (χ0v) is 21.5. The minimum atomic E-state index is -1.07. The third kappa shape index (κ3) is 4.61. The van der Waals surface area contributed by atoms with E-state index >= 15 is 0 Å². The van der Waals surface area contributed by atoms with E-state index in [1.807, 2.05) is 0 Å². The Bertz CT molecular complexity index is 1410. The van der Waals surface area contributed by atoms with E-state index in [1.54, 1.807) is 24.3 Å². The second-order valence-electron chi connectivity index (χ2n) is 7.92. The van der Waals surface area contributed by atoms with Crippen LogP contribution in [0.15, 0.2) is 66.2 Å². The number of carbonyl (C=O) groups excluding carboxylic acids is 3. The average Bonchev–Trinajstić information content (AvgIpc) is 3.17. The van der Waals surface area contributed by atoms with E-state index in [9.17, 15) is 19.5 Å². The van der Waals surface area contributed by atoms with Gasteiger partial charge in [-0.25, -0.2) is 4.79 Å². The van der Waals surface area contributed by atoms with Crippen molar-refractivity contribution in [3.8, 4) is 11.5 Å². The SMILES string of the molecule is COC(=O)c1ccc(N2C(=O)C(=O)/C(=C(/O)c3cc(Cl)c(OC)c(Cl)c3)C2c2ccccc2OC)cc1. The number of hydrogen-bond acceptors (Lipinski definition) is 7. The molecule has 190 valence electrons. The first-order chi connectivity index (χ1) is 17.7. The molecule has 8 nitrogen and oxygen atoms in total. The van der Waals surface area contributed by atoms with Gasteiger partial charge in [-0.2, -0.15) is 0 Å². The smallest absolute Gasteiger partial charge is 0.337 e. The first kappa shape index (κ1) is 26.1. The number of ether oxygens (including phenoxy) is 3. The number of benzene rings is 3. The van der Waals surface area contributed by atoms with Gasteiger partial charge in [-0.15, -0.1) is 0 Å². The summed E-state index contributed by atoms with van der Waals surface area (Å²) in [5.41, 5.74) is 0.960. The van der Waals surface area contributed by atoms with Crippen LogP contribution >= 0.6 is 23.2 Å². The van der Waals surface area contributed by atoms with Crippen LogP contribution in [0.25, 0.3) is 5.76 Å². The van der Waals surface area contributed by atoms with Gasteiger partial charge in [0.2, 0.25) is 0 Å². The van der Waals surface area contributed by atoms with Crippen LogP contribution in [-0.4, -0.2) is 44.1 Å². The first-order valence-electron chi connectivity index (χ1n) is 10.9. The van der Waals surface area contributed by atoms with Gasteiger partial charge >= 0.3 is 5.97 Å². The number of nitrogens with zero attached hydrogens (tertiary/aromatic N) is 1. The highest BCUT2D eigenvalue weighted by atomic mass is 35.5. The molecule has 1 heterocycles. The Morgan fingerprint density at radius 1 is 0.892 bits per heavy atom. The van der Waals surface area contributed by atoms with Crippen molar-refractivity contribution in [1.82, 2.24) is 0 Å². The fourth-order valence-corrected chi connectivity index (χ4v) is 4.85. The molecule has 0 saturated carbocycles. The summed E-state index contributed by atoms with van der Waals surface area (Å²) in [7, 11) is 4.11. The number of methoxy groups -OCH3 is 3. The minimum absolute atomic E-state index is 0.109. The van der Waals surface area contributed by atoms with Gasteiger partial charge in [0.1, 0.15) is 11.5 Å². The Morgan fingerprint density at radius 3 is 2.08 bits per heavy atom. The number of aliphatic hydroxyl groups is 1. The molecule has 1 fully saturated rings.